The van der Waals surface area contributed by atoms with Crippen molar-refractivity contribution in [2.75, 3.05) is 6.61 Å². The minimum Gasteiger partial charge on any atom is -0.435 e. The van der Waals surface area contributed by atoms with Gasteiger partial charge in [-0.25, -0.2) is 19.9 Å². The van der Waals surface area contributed by atoms with E-state index in [0.29, 0.717) is 85.4 Å². The summed E-state index contributed by atoms with van der Waals surface area (Å²) in [4.78, 5) is 47.8. The molecule has 0 radical (unpaired) electrons. The summed E-state index contributed by atoms with van der Waals surface area (Å²) in [6, 6.07) is 10.6. The average Bonchev–Trinajstić information content (AvgIpc) is 4.15. The zero-order chi connectivity index (χ0) is 52.9. The Hall–Kier alpha value is -6.94. The number of ether oxygens (including phenoxy) is 3. The van der Waals surface area contributed by atoms with Crippen LogP contribution in [0, 0.1) is 11.8 Å². The normalized spacial score (nSPS) is 14.4. The fourth-order valence-corrected chi connectivity index (χ4v) is 9.14. The summed E-state index contributed by atoms with van der Waals surface area (Å²) in [5.74, 6) is 0.651. The number of hydrogen-bond donors (Lipinski definition) is 3. The molecule has 6 heterocycles. The summed E-state index contributed by atoms with van der Waals surface area (Å²) in [7, 11) is -1.26. The lowest BCUT2D eigenvalue weighted by atomic mass is 10.1. The van der Waals surface area contributed by atoms with Crippen LogP contribution >= 0.6 is 0 Å². The molecule has 0 atom stereocenters. The Morgan fingerprint density at radius 3 is 1.72 bits per heavy atom. The van der Waals surface area contributed by atoms with Crippen molar-refractivity contribution >= 4 is 64.0 Å². The highest BCUT2D eigenvalue weighted by Gasteiger charge is 2.29. The number of nitrogens with zero attached hydrogens (tertiary/aromatic N) is 9. The Balaban J connectivity index is 0.000000186. The van der Waals surface area contributed by atoms with E-state index in [1.165, 1.54) is 12.1 Å². The van der Waals surface area contributed by atoms with Crippen LogP contribution in [0.25, 0.3) is 66.9 Å². The van der Waals surface area contributed by atoms with Crippen molar-refractivity contribution in [2.24, 2.45) is 11.8 Å². The molecule has 74 heavy (non-hydrogen) atoms. The predicted molar refractivity (Wildman–Crippen MR) is 276 cm³/mol. The lowest BCUT2D eigenvalue weighted by Crippen LogP contribution is -2.40. The zero-order valence-electron chi connectivity index (χ0n) is 43.0. The fourth-order valence-electron chi connectivity index (χ4n) is 8.38. The smallest absolute Gasteiger partial charge is 0.387 e. The van der Waals surface area contributed by atoms with Crippen LogP contribution in [-0.2, 0) is 24.6 Å². The second-order valence-electron chi connectivity index (χ2n) is 22.4. The number of rotatable bonds is 17. The highest BCUT2D eigenvalue weighted by atomic mass is 28.3. The molecule has 6 aromatic heterocycles. The largest absolute Gasteiger partial charge is 0.435 e. The van der Waals surface area contributed by atoms with Gasteiger partial charge in [0.05, 0.1) is 34.6 Å². The summed E-state index contributed by atoms with van der Waals surface area (Å²) in [6.45, 7) is 14.8. The standard InChI is InChI=1S/C29H38F2N6O3Si.C23H24F2N6O2/c1-29(2,3)34-27(38)21-16-36(17-39-11-12-41(4,5)6)26-25(21)33-22(14-32-26)24-20-13-19(40-28(30)31)9-10-23(20)37(35-24)15-18-7-8-18;1-23(2,3)29-21(32)15-9-26-20-19(15)28-16(10-27-20)18-14-8-13(33-22(24)25)6-7-17(14)31(30-18)11-12-4-5-12/h9-10,13-14,16,18,28H,7-8,11-12,15,17H2,1-6H3,(H,34,38);6-10,12,22H,4-5,11H2,1-3H3,(H,26,27)(H,29,32). The van der Waals surface area contributed by atoms with Crippen molar-refractivity contribution in [3.05, 3.63) is 72.3 Å². The first-order valence-corrected chi connectivity index (χ1v) is 28.5. The minimum atomic E-state index is -2.94. The van der Waals surface area contributed by atoms with E-state index in [2.05, 4.69) is 54.7 Å². The Labute approximate surface area is 425 Å². The van der Waals surface area contributed by atoms with Crippen molar-refractivity contribution < 1.29 is 41.4 Å². The monoisotopic (exact) mass is 1040 g/mol. The van der Waals surface area contributed by atoms with Gasteiger partial charge in [-0.05, 0) is 122 Å². The van der Waals surface area contributed by atoms with Gasteiger partial charge < -0.3 is 34.4 Å². The molecule has 2 saturated carbocycles. The van der Waals surface area contributed by atoms with Crippen LogP contribution in [-0.4, -0.2) is 99.8 Å². The molecule has 0 aliphatic heterocycles. The average molecular weight is 1040 g/mol. The summed E-state index contributed by atoms with van der Waals surface area (Å²) < 4.78 is 72.4. The van der Waals surface area contributed by atoms with E-state index in [-0.39, 0.29) is 30.0 Å². The van der Waals surface area contributed by atoms with E-state index in [1.807, 2.05) is 50.9 Å². The molecule has 2 amide bonds. The molecule has 17 nitrogen and oxygen atoms in total. The van der Waals surface area contributed by atoms with Crippen molar-refractivity contribution in [3.63, 3.8) is 0 Å². The molecule has 3 N–H and O–H groups in total. The van der Waals surface area contributed by atoms with E-state index in [9.17, 15) is 27.2 Å². The Bertz CT molecular complexity index is 3360. The number of hydrogen-bond acceptors (Lipinski definition) is 11. The van der Waals surface area contributed by atoms with Gasteiger partial charge in [-0.15, -0.1) is 0 Å². The third kappa shape index (κ3) is 12.5. The summed E-state index contributed by atoms with van der Waals surface area (Å²) >= 11 is 0. The van der Waals surface area contributed by atoms with Crippen LogP contribution in [0.2, 0.25) is 25.7 Å². The molecule has 22 heteroatoms. The van der Waals surface area contributed by atoms with Gasteiger partial charge in [0.1, 0.15) is 52.0 Å². The second-order valence-corrected chi connectivity index (χ2v) is 28.0. The Morgan fingerprint density at radius 1 is 0.730 bits per heavy atom. The van der Waals surface area contributed by atoms with Gasteiger partial charge in [-0.2, -0.15) is 27.8 Å². The van der Waals surface area contributed by atoms with E-state index in [4.69, 9.17) is 24.9 Å². The first-order valence-electron chi connectivity index (χ1n) is 24.8. The van der Waals surface area contributed by atoms with Gasteiger partial charge in [-0.3, -0.25) is 19.0 Å². The van der Waals surface area contributed by atoms with Crippen molar-refractivity contribution in [1.29, 1.82) is 0 Å². The van der Waals surface area contributed by atoms with Crippen LogP contribution in [0.1, 0.15) is 87.9 Å². The molecule has 0 spiro atoms. The maximum absolute atomic E-state index is 13.4. The van der Waals surface area contributed by atoms with E-state index < -0.39 is 32.4 Å². The van der Waals surface area contributed by atoms with Gasteiger partial charge in [-0.1, -0.05) is 19.6 Å². The number of nitrogens with one attached hydrogen (secondary N) is 3. The number of alkyl halides is 4. The molecule has 2 fully saturated rings. The molecule has 0 bridgehead atoms. The molecule has 10 rings (SSSR count). The molecule has 392 valence electrons. The van der Waals surface area contributed by atoms with Crippen LogP contribution in [0.3, 0.4) is 0 Å². The van der Waals surface area contributed by atoms with Crippen LogP contribution in [0.5, 0.6) is 11.5 Å². The van der Waals surface area contributed by atoms with Crippen LogP contribution < -0.4 is 20.1 Å². The highest BCUT2D eigenvalue weighted by molar-refractivity contribution is 6.76. The summed E-state index contributed by atoms with van der Waals surface area (Å²) in [5, 5.41) is 16.8. The van der Waals surface area contributed by atoms with Crippen LogP contribution in [0.15, 0.2) is 61.2 Å². The number of carbonyl (C=O) groups is 2. The number of aromatic nitrogens is 10. The van der Waals surface area contributed by atoms with Crippen molar-refractivity contribution in [3.8, 4) is 34.3 Å². The summed E-state index contributed by atoms with van der Waals surface area (Å²) in [6.07, 6.45) is 11.0. The summed E-state index contributed by atoms with van der Waals surface area (Å²) in [5.41, 5.74) is 5.20. The number of aromatic amines is 1. The SMILES string of the molecule is CC(C)(C)NC(=O)c1c[nH]c2ncc(-c3nn(CC4CC4)c4ccc(OC(F)F)cc34)nc12.CC(C)(C)NC(=O)c1cn(COCC[Si](C)(C)C)c2ncc(-c3nn(CC4CC4)c4ccc(OC(F)F)cc34)nc12. The minimum absolute atomic E-state index is 0.0422. The van der Waals surface area contributed by atoms with E-state index in [0.717, 1.165) is 55.9 Å². The first kappa shape index (κ1) is 51.9. The van der Waals surface area contributed by atoms with Gasteiger partial charge in [0.15, 0.2) is 11.3 Å². The molecule has 2 aromatic carbocycles. The number of halogens is 4. The third-order valence-electron chi connectivity index (χ3n) is 12.3. The van der Waals surface area contributed by atoms with Crippen molar-refractivity contribution in [1.82, 2.24) is 59.7 Å². The Kier molecular flexibility index (Phi) is 14.3. The van der Waals surface area contributed by atoms with E-state index in [1.54, 1.807) is 53.6 Å². The zero-order valence-corrected chi connectivity index (χ0v) is 44.0. The van der Waals surface area contributed by atoms with Crippen LogP contribution in [0.4, 0.5) is 17.6 Å². The topological polar surface area (TPSA) is 194 Å². The maximum atomic E-state index is 13.4. The first-order chi connectivity index (χ1) is 34.9. The van der Waals surface area contributed by atoms with Crippen molar-refractivity contribution in [2.45, 2.75) is 137 Å². The molecule has 0 saturated heterocycles. The molecule has 0 unspecified atom stereocenters. The highest BCUT2D eigenvalue weighted by Crippen LogP contribution is 2.38. The lowest BCUT2D eigenvalue weighted by molar-refractivity contribution is -0.0504. The van der Waals surface area contributed by atoms with Gasteiger partial charge in [0.25, 0.3) is 11.8 Å². The van der Waals surface area contributed by atoms with Gasteiger partial charge in [0, 0.05) is 62.0 Å². The van der Waals surface area contributed by atoms with Gasteiger partial charge >= 0.3 is 13.2 Å². The quantitative estimate of drug-likeness (QED) is 0.0446. The predicted octanol–water partition coefficient (Wildman–Crippen LogP) is 10.8. The van der Waals surface area contributed by atoms with E-state index >= 15 is 0 Å². The number of benzene rings is 2. The molecule has 2 aliphatic carbocycles. The number of H-pyrrole nitrogens is 1. The number of amides is 2. The number of fused-ring (bicyclic) bond motifs is 4. The number of carbonyl (C=O) groups excluding carboxylic acids is 2. The molecule has 2 aliphatic rings. The molecular weight excluding hydrogens is 977 g/mol. The maximum Gasteiger partial charge on any atom is 0.387 e. The van der Waals surface area contributed by atoms with Gasteiger partial charge in [0.2, 0.25) is 0 Å². The lowest BCUT2D eigenvalue weighted by Gasteiger charge is -2.20. The fraction of sp³-hybridized carbons (Fsp3) is 0.462. The third-order valence-corrected chi connectivity index (χ3v) is 14.0. The molecular formula is C52H62F4N12O5Si. The molecule has 8 aromatic rings. The Morgan fingerprint density at radius 2 is 1.23 bits per heavy atom. The second kappa shape index (κ2) is 20.4.